The van der Waals surface area contributed by atoms with Crippen LogP contribution in [0, 0.1) is 11.6 Å². The van der Waals surface area contributed by atoms with Gasteiger partial charge in [0.15, 0.2) is 0 Å². The highest BCUT2D eigenvalue weighted by Gasteiger charge is 2.17. The van der Waals surface area contributed by atoms with Gasteiger partial charge in [-0.1, -0.05) is 29.8 Å². The van der Waals surface area contributed by atoms with Crippen LogP contribution in [0.5, 0.6) is 0 Å². The summed E-state index contributed by atoms with van der Waals surface area (Å²) in [6.07, 6.45) is 0.397. The summed E-state index contributed by atoms with van der Waals surface area (Å²) in [5, 5.41) is 3.72. The van der Waals surface area contributed by atoms with Crippen LogP contribution in [0.4, 0.5) is 8.78 Å². The molecule has 0 bridgehead atoms. The van der Waals surface area contributed by atoms with E-state index in [2.05, 4.69) is 5.32 Å². The van der Waals surface area contributed by atoms with E-state index in [1.165, 1.54) is 6.07 Å². The third-order valence-corrected chi connectivity index (χ3v) is 3.61. The lowest BCUT2D eigenvalue weighted by Gasteiger charge is -2.19. The minimum absolute atomic E-state index is 0.00926. The summed E-state index contributed by atoms with van der Waals surface area (Å²) < 4.78 is 27.0. The molecular weight excluding hydrogens is 280 g/mol. The van der Waals surface area contributed by atoms with Crippen molar-refractivity contribution < 1.29 is 8.78 Å². The molecule has 1 atom stereocenters. The highest BCUT2D eigenvalue weighted by atomic mass is 35.5. The zero-order valence-electron chi connectivity index (χ0n) is 11.2. The fraction of sp³-hybridized carbons (Fsp3) is 0.250. The Bertz CT molecular complexity index is 586. The van der Waals surface area contributed by atoms with E-state index in [-0.39, 0.29) is 11.7 Å². The Labute approximate surface area is 122 Å². The molecule has 0 saturated heterocycles. The van der Waals surface area contributed by atoms with E-state index in [1.54, 1.807) is 0 Å². The molecule has 0 spiro atoms. The molecule has 0 fully saturated rings. The molecular formula is C16H16ClF2N. The van der Waals surface area contributed by atoms with Gasteiger partial charge in [-0.3, -0.25) is 0 Å². The Hall–Kier alpha value is -1.45. The van der Waals surface area contributed by atoms with Crippen LogP contribution in [-0.2, 0) is 6.42 Å². The number of halogens is 3. The van der Waals surface area contributed by atoms with Gasteiger partial charge < -0.3 is 5.32 Å². The van der Waals surface area contributed by atoms with E-state index in [9.17, 15) is 8.78 Å². The van der Waals surface area contributed by atoms with Crippen LogP contribution in [0.1, 0.15) is 17.0 Å². The minimum atomic E-state index is -0.427. The van der Waals surface area contributed by atoms with E-state index >= 15 is 0 Å². The van der Waals surface area contributed by atoms with Gasteiger partial charge in [-0.05, 0) is 48.9 Å². The zero-order chi connectivity index (χ0) is 14.5. The van der Waals surface area contributed by atoms with Gasteiger partial charge in [-0.25, -0.2) is 8.78 Å². The molecule has 1 unspecified atom stereocenters. The second kappa shape index (κ2) is 6.82. The summed E-state index contributed by atoms with van der Waals surface area (Å²) in [4.78, 5) is 0. The Morgan fingerprint density at radius 3 is 2.60 bits per heavy atom. The third kappa shape index (κ3) is 3.56. The first kappa shape index (κ1) is 14.9. The van der Waals surface area contributed by atoms with Crippen molar-refractivity contribution in [2.45, 2.75) is 12.3 Å². The summed E-state index contributed by atoms with van der Waals surface area (Å²) in [6, 6.07) is 11.0. The second-order valence-corrected chi connectivity index (χ2v) is 5.12. The summed E-state index contributed by atoms with van der Waals surface area (Å²) in [5.74, 6) is -0.826. The van der Waals surface area contributed by atoms with E-state index in [0.717, 1.165) is 17.7 Å². The fourth-order valence-corrected chi connectivity index (χ4v) is 2.60. The Morgan fingerprint density at radius 2 is 1.90 bits per heavy atom. The lowest BCUT2D eigenvalue weighted by molar-refractivity contribution is 0.560. The van der Waals surface area contributed by atoms with Crippen LogP contribution in [0.3, 0.4) is 0 Å². The van der Waals surface area contributed by atoms with Crippen LogP contribution >= 0.6 is 11.6 Å². The molecule has 0 saturated carbocycles. The van der Waals surface area contributed by atoms with Crippen molar-refractivity contribution in [2.24, 2.45) is 0 Å². The quantitative estimate of drug-likeness (QED) is 0.873. The molecule has 0 aliphatic carbocycles. The molecule has 0 radical (unpaired) electrons. The average Bonchev–Trinajstić information content (AvgIpc) is 2.43. The minimum Gasteiger partial charge on any atom is -0.319 e. The van der Waals surface area contributed by atoms with Crippen LogP contribution in [0.2, 0.25) is 5.02 Å². The van der Waals surface area contributed by atoms with E-state index < -0.39 is 5.82 Å². The maximum absolute atomic E-state index is 13.8. The number of hydrogen-bond acceptors (Lipinski definition) is 1. The average molecular weight is 296 g/mol. The van der Waals surface area contributed by atoms with Gasteiger partial charge >= 0.3 is 0 Å². The van der Waals surface area contributed by atoms with E-state index in [4.69, 9.17) is 11.6 Å². The van der Waals surface area contributed by atoms with Gasteiger partial charge in [-0.2, -0.15) is 0 Å². The van der Waals surface area contributed by atoms with Crippen molar-refractivity contribution in [1.29, 1.82) is 0 Å². The zero-order valence-corrected chi connectivity index (χ0v) is 11.9. The molecule has 2 rings (SSSR count). The van der Waals surface area contributed by atoms with E-state index in [0.29, 0.717) is 23.6 Å². The highest BCUT2D eigenvalue weighted by molar-refractivity contribution is 6.31. The van der Waals surface area contributed by atoms with Gasteiger partial charge in [-0.15, -0.1) is 0 Å². The predicted molar refractivity (Wildman–Crippen MR) is 78.2 cm³/mol. The summed E-state index contributed by atoms with van der Waals surface area (Å²) in [6.45, 7) is 0.639. The van der Waals surface area contributed by atoms with Crippen LogP contribution in [0.15, 0.2) is 42.5 Å². The van der Waals surface area contributed by atoms with Crippen molar-refractivity contribution in [3.63, 3.8) is 0 Å². The Balaban J connectivity index is 2.30. The first-order chi connectivity index (χ1) is 9.61. The molecule has 0 heterocycles. The number of likely N-dealkylation sites (N-methyl/N-ethyl adjacent to an activating group) is 1. The van der Waals surface area contributed by atoms with E-state index in [1.807, 2.05) is 31.3 Å². The Morgan fingerprint density at radius 1 is 1.15 bits per heavy atom. The predicted octanol–water partition coefficient (Wildman–Crippen LogP) is 4.16. The molecule has 0 amide bonds. The first-order valence-electron chi connectivity index (χ1n) is 6.44. The lowest BCUT2D eigenvalue weighted by Crippen LogP contribution is -2.20. The Kier molecular flexibility index (Phi) is 5.10. The smallest absolute Gasteiger partial charge is 0.126 e. The monoisotopic (exact) mass is 295 g/mol. The standard InChI is InChI=1S/C16H16ClF2N/c1-20-10-12(14-4-2-3-5-15(14)17)8-11-9-13(18)6-7-16(11)19/h2-7,9,12,20H,8,10H2,1H3. The van der Waals surface area contributed by atoms with Gasteiger partial charge in [0.1, 0.15) is 11.6 Å². The molecule has 1 nitrogen and oxygen atoms in total. The normalized spacial score (nSPS) is 12.4. The van der Waals surface area contributed by atoms with Gasteiger partial charge in [0.2, 0.25) is 0 Å². The first-order valence-corrected chi connectivity index (χ1v) is 6.82. The van der Waals surface area contributed by atoms with Crippen molar-refractivity contribution in [3.8, 4) is 0 Å². The molecule has 1 N–H and O–H groups in total. The number of benzene rings is 2. The molecule has 0 aliphatic heterocycles. The molecule has 4 heteroatoms. The maximum Gasteiger partial charge on any atom is 0.126 e. The summed E-state index contributed by atoms with van der Waals surface area (Å²) in [5.41, 5.74) is 1.30. The highest BCUT2D eigenvalue weighted by Crippen LogP contribution is 2.28. The molecule has 0 aromatic heterocycles. The number of hydrogen-bond donors (Lipinski definition) is 1. The number of rotatable bonds is 5. The molecule has 2 aromatic rings. The van der Waals surface area contributed by atoms with Crippen molar-refractivity contribution in [3.05, 3.63) is 70.2 Å². The van der Waals surface area contributed by atoms with Crippen molar-refractivity contribution in [1.82, 2.24) is 5.32 Å². The van der Waals surface area contributed by atoms with Crippen molar-refractivity contribution in [2.75, 3.05) is 13.6 Å². The van der Waals surface area contributed by atoms with Crippen molar-refractivity contribution >= 4 is 11.6 Å². The summed E-state index contributed by atoms with van der Waals surface area (Å²) in [7, 11) is 1.83. The van der Waals surface area contributed by atoms with Crippen LogP contribution in [-0.4, -0.2) is 13.6 Å². The van der Waals surface area contributed by atoms with Gasteiger partial charge in [0.05, 0.1) is 0 Å². The number of nitrogens with one attached hydrogen (secondary N) is 1. The topological polar surface area (TPSA) is 12.0 Å². The van der Waals surface area contributed by atoms with Gasteiger partial charge in [0, 0.05) is 17.5 Å². The van der Waals surface area contributed by atoms with Crippen LogP contribution < -0.4 is 5.32 Å². The second-order valence-electron chi connectivity index (χ2n) is 4.72. The molecule has 0 aliphatic rings. The maximum atomic E-state index is 13.8. The largest absolute Gasteiger partial charge is 0.319 e. The molecule has 2 aromatic carbocycles. The SMILES string of the molecule is CNCC(Cc1cc(F)ccc1F)c1ccccc1Cl. The molecule has 20 heavy (non-hydrogen) atoms. The molecule has 106 valence electrons. The lowest BCUT2D eigenvalue weighted by atomic mass is 9.91. The van der Waals surface area contributed by atoms with Crippen LogP contribution in [0.25, 0.3) is 0 Å². The summed E-state index contributed by atoms with van der Waals surface area (Å²) >= 11 is 6.20. The van der Waals surface area contributed by atoms with Gasteiger partial charge in [0.25, 0.3) is 0 Å². The third-order valence-electron chi connectivity index (χ3n) is 3.27. The fourth-order valence-electron chi connectivity index (χ4n) is 2.31.